The van der Waals surface area contributed by atoms with E-state index in [4.69, 9.17) is 11.6 Å². The van der Waals surface area contributed by atoms with Crippen LogP contribution in [0.5, 0.6) is 0 Å². The fraction of sp³-hybridized carbons (Fsp3) is 0.0909. The normalized spacial score (nSPS) is 10.8. The lowest BCUT2D eigenvalue weighted by Gasteiger charge is -2.13. The Hall–Kier alpha value is -3.31. The predicted molar refractivity (Wildman–Crippen MR) is 112 cm³/mol. The molecular formula is C22H19ClN4O. The van der Waals surface area contributed by atoms with Gasteiger partial charge in [0, 0.05) is 23.1 Å². The lowest BCUT2D eigenvalue weighted by atomic mass is 10.2. The van der Waals surface area contributed by atoms with Gasteiger partial charge in [-0.15, -0.1) is 0 Å². The molecule has 4 rings (SSSR count). The molecule has 0 fully saturated rings. The first-order valence-corrected chi connectivity index (χ1v) is 9.27. The molecule has 0 aliphatic rings. The van der Waals surface area contributed by atoms with Crippen molar-refractivity contribution in [1.29, 1.82) is 0 Å². The van der Waals surface area contributed by atoms with E-state index in [9.17, 15) is 4.79 Å². The SMILES string of the molecule is Cc1cccc(-n2ncc(C(=O)Nc3cccc(Cl)c3C)c2-n2cccc2)c1. The highest BCUT2D eigenvalue weighted by atomic mass is 35.5. The number of nitrogens with one attached hydrogen (secondary N) is 1. The minimum Gasteiger partial charge on any atom is -0.322 e. The van der Waals surface area contributed by atoms with Crippen LogP contribution in [0.4, 0.5) is 5.69 Å². The van der Waals surface area contributed by atoms with E-state index in [1.165, 1.54) is 0 Å². The fourth-order valence-corrected chi connectivity index (χ4v) is 3.28. The molecule has 1 N–H and O–H groups in total. The number of nitrogens with zero attached hydrogens (tertiary/aromatic N) is 3. The molecule has 2 heterocycles. The third kappa shape index (κ3) is 3.32. The molecule has 0 saturated heterocycles. The van der Waals surface area contributed by atoms with Crippen molar-refractivity contribution < 1.29 is 4.79 Å². The van der Waals surface area contributed by atoms with Gasteiger partial charge in [0.2, 0.25) is 0 Å². The van der Waals surface area contributed by atoms with Crippen molar-refractivity contribution in [2.75, 3.05) is 5.32 Å². The van der Waals surface area contributed by atoms with Crippen molar-refractivity contribution >= 4 is 23.2 Å². The monoisotopic (exact) mass is 390 g/mol. The Kier molecular flexibility index (Phi) is 4.75. The van der Waals surface area contributed by atoms with Crippen molar-refractivity contribution in [3.63, 3.8) is 0 Å². The molecule has 0 atom stereocenters. The Morgan fingerprint density at radius 3 is 2.54 bits per heavy atom. The van der Waals surface area contributed by atoms with Crippen LogP contribution >= 0.6 is 11.6 Å². The predicted octanol–water partition coefficient (Wildman–Crippen LogP) is 5.19. The lowest BCUT2D eigenvalue weighted by Crippen LogP contribution is -2.16. The van der Waals surface area contributed by atoms with E-state index in [2.05, 4.69) is 10.4 Å². The van der Waals surface area contributed by atoms with E-state index in [0.29, 0.717) is 22.1 Å². The molecular weight excluding hydrogens is 372 g/mol. The first-order chi connectivity index (χ1) is 13.5. The lowest BCUT2D eigenvalue weighted by molar-refractivity contribution is 0.102. The molecule has 0 radical (unpaired) electrons. The molecule has 6 heteroatoms. The van der Waals surface area contributed by atoms with Gasteiger partial charge in [0.25, 0.3) is 5.91 Å². The number of aromatic nitrogens is 3. The van der Waals surface area contributed by atoms with Gasteiger partial charge >= 0.3 is 0 Å². The summed E-state index contributed by atoms with van der Waals surface area (Å²) in [6, 6.07) is 17.3. The zero-order valence-electron chi connectivity index (χ0n) is 15.6. The van der Waals surface area contributed by atoms with Crippen molar-refractivity contribution in [3.8, 4) is 11.5 Å². The van der Waals surface area contributed by atoms with Gasteiger partial charge in [-0.3, -0.25) is 4.79 Å². The van der Waals surface area contributed by atoms with Crippen LogP contribution in [0.1, 0.15) is 21.5 Å². The number of amides is 1. The second-order valence-corrected chi connectivity index (χ2v) is 7.00. The van der Waals surface area contributed by atoms with Gasteiger partial charge in [-0.2, -0.15) is 5.10 Å². The maximum atomic E-state index is 13.1. The number of aryl methyl sites for hydroxylation is 1. The van der Waals surface area contributed by atoms with Crippen LogP contribution in [-0.2, 0) is 0 Å². The Morgan fingerprint density at radius 2 is 1.79 bits per heavy atom. The number of benzene rings is 2. The molecule has 28 heavy (non-hydrogen) atoms. The Morgan fingerprint density at radius 1 is 1.04 bits per heavy atom. The van der Waals surface area contributed by atoms with Crippen molar-refractivity contribution in [2.24, 2.45) is 0 Å². The number of anilines is 1. The van der Waals surface area contributed by atoms with E-state index in [-0.39, 0.29) is 5.91 Å². The second-order valence-electron chi connectivity index (χ2n) is 6.59. The van der Waals surface area contributed by atoms with E-state index in [0.717, 1.165) is 16.8 Å². The smallest absolute Gasteiger partial charge is 0.261 e. The van der Waals surface area contributed by atoms with Crippen LogP contribution < -0.4 is 5.32 Å². The molecule has 0 unspecified atom stereocenters. The zero-order valence-corrected chi connectivity index (χ0v) is 16.3. The minimum atomic E-state index is -0.243. The highest BCUT2D eigenvalue weighted by molar-refractivity contribution is 6.31. The number of hydrogen-bond acceptors (Lipinski definition) is 2. The van der Waals surface area contributed by atoms with Crippen LogP contribution in [0.2, 0.25) is 5.02 Å². The number of rotatable bonds is 4. The van der Waals surface area contributed by atoms with Gasteiger partial charge < -0.3 is 9.88 Å². The molecule has 4 aromatic rings. The Balaban J connectivity index is 1.79. The second kappa shape index (κ2) is 7.37. The number of carbonyl (C=O) groups excluding carboxylic acids is 1. The molecule has 0 saturated carbocycles. The molecule has 0 aliphatic carbocycles. The van der Waals surface area contributed by atoms with Gasteiger partial charge in [-0.1, -0.05) is 29.8 Å². The van der Waals surface area contributed by atoms with Crippen LogP contribution in [0.15, 0.2) is 73.2 Å². The van der Waals surface area contributed by atoms with Gasteiger partial charge in [-0.25, -0.2) is 4.68 Å². The standard InChI is InChI=1S/C22H19ClN4O/c1-15-7-5-8-17(13-15)27-22(26-11-3-4-12-26)18(14-24-27)21(28)25-20-10-6-9-19(23)16(20)2/h3-14H,1-2H3,(H,25,28). The summed E-state index contributed by atoms with van der Waals surface area (Å²) in [5, 5.41) is 8.06. The summed E-state index contributed by atoms with van der Waals surface area (Å²) in [7, 11) is 0. The maximum absolute atomic E-state index is 13.1. The van der Waals surface area contributed by atoms with Crippen LogP contribution in [-0.4, -0.2) is 20.3 Å². The van der Waals surface area contributed by atoms with Crippen LogP contribution in [0.3, 0.4) is 0 Å². The van der Waals surface area contributed by atoms with Crippen molar-refractivity contribution in [1.82, 2.24) is 14.3 Å². The summed E-state index contributed by atoms with van der Waals surface area (Å²) < 4.78 is 3.65. The summed E-state index contributed by atoms with van der Waals surface area (Å²) in [4.78, 5) is 13.1. The summed E-state index contributed by atoms with van der Waals surface area (Å²) >= 11 is 6.18. The molecule has 0 aliphatic heterocycles. The summed E-state index contributed by atoms with van der Waals surface area (Å²) in [6.45, 7) is 3.90. The molecule has 1 amide bonds. The molecule has 0 spiro atoms. The largest absolute Gasteiger partial charge is 0.322 e. The van der Waals surface area contributed by atoms with E-state index in [1.807, 2.05) is 79.3 Å². The van der Waals surface area contributed by atoms with E-state index >= 15 is 0 Å². The van der Waals surface area contributed by atoms with Gasteiger partial charge in [0.05, 0.1) is 11.9 Å². The highest BCUT2D eigenvalue weighted by Gasteiger charge is 2.20. The Labute approximate surface area is 168 Å². The summed E-state index contributed by atoms with van der Waals surface area (Å²) in [6.07, 6.45) is 5.38. The zero-order chi connectivity index (χ0) is 19.7. The third-order valence-corrected chi connectivity index (χ3v) is 5.01. The quantitative estimate of drug-likeness (QED) is 0.521. The molecule has 2 aromatic heterocycles. The minimum absolute atomic E-state index is 0.243. The highest BCUT2D eigenvalue weighted by Crippen LogP contribution is 2.25. The average Bonchev–Trinajstić information content (AvgIpc) is 3.34. The van der Waals surface area contributed by atoms with Crippen LogP contribution in [0.25, 0.3) is 11.5 Å². The van der Waals surface area contributed by atoms with E-state index in [1.54, 1.807) is 16.9 Å². The number of hydrogen-bond donors (Lipinski definition) is 1. The number of halogens is 1. The Bertz CT molecular complexity index is 1150. The summed E-state index contributed by atoms with van der Waals surface area (Å²) in [5.74, 6) is 0.431. The summed E-state index contributed by atoms with van der Waals surface area (Å²) in [5.41, 5.74) is 3.98. The fourth-order valence-electron chi connectivity index (χ4n) is 3.11. The first kappa shape index (κ1) is 18.1. The third-order valence-electron chi connectivity index (χ3n) is 4.60. The molecule has 2 aromatic carbocycles. The molecule has 5 nitrogen and oxygen atoms in total. The van der Waals surface area contributed by atoms with Gasteiger partial charge in [0.15, 0.2) is 5.82 Å². The van der Waals surface area contributed by atoms with Gasteiger partial charge in [-0.05, 0) is 61.4 Å². The molecule has 140 valence electrons. The molecule has 0 bridgehead atoms. The van der Waals surface area contributed by atoms with Crippen molar-refractivity contribution in [3.05, 3.63) is 94.9 Å². The van der Waals surface area contributed by atoms with Gasteiger partial charge in [0.1, 0.15) is 5.56 Å². The first-order valence-electron chi connectivity index (χ1n) is 8.89. The van der Waals surface area contributed by atoms with Crippen molar-refractivity contribution in [2.45, 2.75) is 13.8 Å². The maximum Gasteiger partial charge on any atom is 0.261 e. The van der Waals surface area contributed by atoms with Crippen LogP contribution in [0, 0.1) is 13.8 Å². The van der Waals surface area contributed by atoms with E-state index < -0.39 is 0 Å². The average molecular weight is 391 g/mol. The number of carbonyl (C=O) groups is 1. The topological polar surface area (TPSA) is 51.9 Å².